The van der Waals surface area contributed by atoms with Crippen LogP contribution in [0.2, 0.25) is 5.02 Å². The Morgan fingerprint density at radius 1 is 1.29 bits per heavy atom. The van der Waals surface area contributed by atoms with Crippen LogP contribution in [0, 0.1) is 0 Å². The zero-order valence-electron chi connectivity index (χ0n) is 10.5. The van der Waals surface area contributed by atoms with Crippen molar-refractivity contribution in [3.05, 3.63) is 28.8 Å². The van der Waals surface area contributed by atoms with E-state index in [1.807, 2.05) is 18.2 Å². The summed E-state index contributed by atoms with van der Waals surface area (Å²) in [6.07, 6.45) is 1.14. The average molecular weight is 258 g/mol. The highest BCUT2D eigenvalue weighted by Gasteiger charge is 2.03. The maximum atomic E-state index is 5.93. The van der Waals surface area contributed by atoms with Crippen molar-refractivity contribution in [2.45, 2.75) is 20.0 Å². The van der Waals surface area contributed by atoms with Crippen molar-refractivity contribution in [3.8, 4) is 5.75 Å². The quantitative estimate of drug-likeness (QED) is 0.727. The molecule has 1 rings (SSSR count). The predicted octanol–water partition coefficient (Wildman–Crippen LogP) is 2.86. The molecule has 0 saturated heterocycles. The molecule has 0 saturated carbocycles. The third kappa shape index (κ3) is 5.39. The largest absolute Gasteiger partial charge is 0.496 e. The third-order valence-corrected chi connectivity index (χ3v) is 2.59. The highest BCUT2D eigenvalue weighted by molar-refractivity contribution is 6.30. The lowest BCUT2D eigenvalue weighted by Crippen LogP contribution is -2.20. The molecule has 0 heterocycles. The van der Waals surface area contributed by atoms with E-state index < -0.39 is 0 Å². The number of ether oxygens (including phenoxy) is 2. The summed E-state index contributed by atoms with van der Waals surface area (Å²) in [5.41, 5.74) is 0.982. The zero-order valence-corrected chi connectivity index (χ0v) is 11.2. The minimum absolute atomic E-state index is 0.525. The highest BCUT2D eigenvalue weighted by Crippen LogP contribution is 2.23. The monoisotopic (exact) mass is 257 g/mol. The van der Waals surface area contributed by atoms with Crippen molar-refractivity contribution < 1.29 is 9.47 Å². The molecule has 0 aliphatic rings. The smallest absolute Gasteiger partial charge is 0.124 e. The Balaban J connectivity index is 2.32. The molecule has 1 N–H and O–H groups in total. The molecule has 3 nitrogen and oxygen atoms in total. The summed E-state index contributed by atoms with van der Waals surface area (Å²) in [6.45, 7) is 5.26. The normalized spacial score (nSPS) is 10.5. The Morgan fingerprint density at radius 2 is 2.12 bits per heavy atom. The van der Waals surface area contributed by atoms with Crippen LogP contribution in [-0.4, -0.2) is 26.8 Å². The van der Waals surface area contributed by atoms with Gasteiger partial charge in [0.05, 0.1) is 20.3 Å². The lowest BCUT2D eigenvalue weighted by atomic mass is 10.2. The molecule has 0 spiro atoms. The Kier molecular flexibility index (Phi) is 7.01. The lowest BCUT2D eigenvalue weighted by Gasteiger charge is -2.10. The summed E-state index contributed by atoms with van der Waals surface area (Å²) >= 11 is 5.93. The van der Waals surface area contributed by atoms with Gasteiger partial charge in [-0.05, 0) is 31.2 Å². The summed E-state index contributed by atoms with van der Waals surface area (Å²) in [5, 5.41) is 3.98. The van der Waals surface area contributed by atoms with E-state index in [0.717, 1.165) is 30.8 Å². The zero-order chi connectivity index (χ0) is 12.5. The molecule has 0 radical (unpaired) electrons. The standard InChI is InChI=1S/C13H20ClNO2/c1-3-6-15-7-8-17-10-11-9-12(14)4-5-13(11)16-2/h4-5,9,15H,3,6-8,10H2,1-2H3. The Hall–Kier alpha value is -0.770. The molecule has 1 aromatic carbocycles. The first kappa shape index (κ1) is 14.3. The Bertz CT molecular complexity index is 331. The molecule has 17 heavy (non-hydrogen) atoms. The van der Waals surface area contributed by atoms with E-state index >= 15 is 0 Å². The van der Waals surface area contributed by atoms with Crippen LogP contribution in [-0.2, 0) is 11.3 Å². The summed E-state index contributed by atoms with van der Waals surface area (Å²) in [6, 6.07) is 5.54. The molecule has 0 fully saturated rings. The molecule has 0 unspecified atom stereocenters. The van der Waals surface area contributed by atoms with Crippen molar-refractivity contribution in [2.75, 3.05) is 26.8 Å². The van der Waals surface area contributed by atoms with Crippen LogP contribution in [0.4, 0.5) is 0 Å². The van der Waals surface area contributed by atoms with Crippen LogP contribution in [0.15, 0.2) is 18.2 Å². The van der Waals surface area contributed by atoms with Crippen molar-refractivity contribution in [3.63, 3.8) is 0 Å². The summed E-state index contributed by atoms with van der Waals surface area (Å²) in [4.78, 5) is 0. The van der Waals surface area contributed by atoms with Gasteiger partial charge in [-0.25, -0.2) is 0 Å². The summed E-state index contributed by atoms with van der Waals surface area (Å²) in [5.74, 6) is 0.816. The van der Waals surface area contributed by atoms with Crippen LogP contribution < -0.4 is 10.1 Å². The lowest BCUT2D eigenvalue weighted by molar-refractivity contribution is 0.121. The van der Waals surface area contributed by atoms with Gasteiger partial charge in [0.25, 0.3) is 0 Å². The fraction of sp³-hybridized carbons (Fsp3) is 0.538. The molecule has 96 valence electrons. The van der Waals surface area contributed by atoms with E-state index in [1.54, 1.807) is 7.11 Å². The number of methoxy groups -OCH3 is 1. The first-order chi connectivity index (χ1) is 8.27. The van der Waals surface area contributed by atoms with E-state index in [-0.39, 0.29) is 0 Å². The van der Waals surface area contributed by atoms with Crippen LogP contribution in [0.1, 0.15) is 18.9 Å². The third-order valence-electron chi connectivity index (χ3n) is 2.35. The van der Waals surface area contributed by atoms with E-state index in [0.29, 0.717) is 18.2 Å². The first-order valence-corrected chi connectivity index (χ1v) is 6.26. The second kappa shape index (κ2) is 8.34. The minimum Gasteiger partial charge on any atom is -0.496 e. The molecule has 0 bridgehead atoms. The van der Waals surface area contributed by atoms with Crippen LogP contribution in [0.5, 0.6) is 5.75 Å². The molecule has 4 heteroatoms. The number of hydrogen-bond acceptors (Lipinski definition) is 3. The SMILES string of the molecule is CCCNCCOCc1cc(Cl)ccc1OC. The second-order valence-corrected chi connectivity index (χ2v) is 4.20. The van der Waals surface area contributed by atoms with Gasteiger partial charge >= 0.3 is 0 Å². The van der Waals surface area contributed by atoms with Crippen LogP contribution >= 0.6 is 11.6 Å². The van der Waals surface area contributed by atoms with E-state index in [1.165, 1.54) is 0 Å². The fourth-order valence-electron chi connectivity index (χ4n) is 1.49. The predicted molar refractivity (Wildman–Crippen MR) is 70.8 cm³/mol. The van der Waals surface area contributed by atoms with Gasteiger partial charge in [-0.3, -0.25) is 0 Å². The molecule has 0 aromatic heterocycles. The summed E-state index contributed by atoms with van der Waals surface area (Å²) < 4.78 is 10.8. The Labute approximate surface area is 108 Å². The fourth-order valence-corrected chi connectivity index (χ4v) is 1.68. The molecule has 0 amide bonds. The van der Waals surface area contributed by atoms with Gasteiger partial charge in [-0.2, -0.15) is 0 Å². The van der Waals surface area contributed by atoms with Crippen molar-refractivity contribution >= 4 is 11.6 Å². The minimum atomic E-state index is 0.525. The van der Waals surface area contributed by atoms with Gasteiger partial charge in [-0.1, -0.05) is 18.5 Å². The van der Waals surface area contributed by atoms with Gasteiger partial charge in [-0.15, -0.1) is 0 Å². The van der Waals surface area contributed by atoms with Crippen molar-refractivity contribution in [2.24, 2.45) is 0 Å². The number of halogens is 1. The molecule has 1 aromatic rings. The van der Waals surface area contributed by atoms with Crippen molar-refractivity contribution in [1.82, 2.24) is 5.32 Å². The molecule has 0 aliphatic heterocycles. The van der Waals surface area contributed by atoms with Crippen LogP contribution in [0.3, 0.4) is 0 Å². The number of nitrogens with one attached hydrogen (secondary N) is 1. The van der Waals surface area contributed by atoms with E-state index in [2.05, 4.69) is 12.2 Å². The molecular weight excluding hydrogens is 238 g/mol. The number of rotatable bonds is 8. The Morgan fingerprint density at radius 3 is 2.82 bits per heavy atom. The number of benzene rings is 1. The second-order valence-electron chi connectivity index (χ2n) is 3.76. The highest BCUT2D eigenvalue weighted by atomic mass is 35.5. The molecular formula is C13H20ClNO2. The summed E-state index contributed by atoms with van der Waals surface area (Å²) in [7, 11) is 1.65. The van der Waals surface area contributed by atoms with E-state index in [4.69, 9.17) is 21.1 Å². The van der Waals surface area contributed by atoms with Crippen LogP contribution in [0.25, 0.3) is 0 Å². The van der Waals surface area contributed by atoms with Gasteiger partial charge in [0.1, 0.15) is 5.75 Å². The number of hydrogen-bond donors (Lipinski definition) is 1. The molecule has 0 atom stereocenters. The first-order valence-electron chi connectivity index (χ1n) is 5.88. The average Bonchev–Trinajstić information content (AvgIpc) is 2.34. The van der Waals surface area contributed by atoms with Crippen molar-refractivity contribution in [1.29, 1.82) is 0 Å². The van der Waals surface area contributed by atoms with E-state index in [9.17, 15) is 0 Å². The maximum absolute atomic E-state index is 5.93. The maximum Gasteiger partial charge on any atom is 0.124 e. The van der Waals surface area contributed by atoms with Gasteiger partial charge in [0, 0.05) is 17.1 Å². The van der Waals surface area contributed by atoms with Gasteiger partial charge < -0.3 is 14.8 Å². The van der Waals surface area contributed by atoms with Gasteiger partial charge in [0.15, 0.2) is 0 Å². The molecule has 0 aliphatic carbocycles. The van der Waals surface area contributed by atoms with Gasteiger partial charge in [0.2, 0.25) is 0 Å². The topological polar surface area (TPSA) is 30.5 Å².